The molecule has 0 spiro atoms. The van der Waals surface area contributed by atoms with Crippen molar-refractivity contribution in [1.82, 2.24) is 10.6 Å². The molecule has 2 amide bonds. The second-order valence-electron chi connectivity index (χ2n) is 11.4. The molecule has 47 heavy (non-hydrogen) atoms. The predicted molar refractivity (Wildman–Crippen MR) is 182 cm³/mol. The number of urea groups is 1. The first-order chi connectivity index (χ1) is 23.0. The number of nitrogens with one attached hydrogen (secondary N) is 2. The van der Waals surface area contributed by atoms with Gasteiger partial charge in [0.25, 0.3) is 5.03 Å². The SMILES string of the molecule is O=C(NCc1ccccc1)NCc1cccc(-c2cccc(C3OC(CSc4cccc[n+]4[O-])CC(c4ccc(CO)cc4)O3)c2)c1. The smallest absolute Gasteiger partial charge is 0.315 e. The van der Waals surface area contributed by atoms with Crippen molar-refractivity contribution in [2.75, 3.05) is 5.75 Å². The first-order valence-electron chi connectivity index (χ1n) is 15.6. The lowest BCUT2D eigenvalue weighted by molar-refractivity contribution is -0.645. The fourth-order valence-electron chi connectivity index (χ4n) is 5.47. The van der Waals surface area contributed by atoms with Crippen molar-refractivity contribution in [3.8, 4) is 11.1 Å². The van der Waals surface area contributed by atoms with Crippen molar-refractivity contribution in [1.29, 1.82) is 0 Å². The first-order valence-corrected chi connectivity index (χ1v) is 16.6. The van der Waals surface area contributed by atoms with Gasteiger partial charge in [-0.25, -0.2) is 4.79 Å². The molecule has 0 saturated carbocycles. The Morgan fingerprint density at radius 1 is 0.766 bits per heavy atom. The summed E-state index contributed by atoms with van der Waals surface area (Å²) in [7, 11) is 0. The van der Waals surface area contributed by atoms with Gasteiger partial charge in [0.05, 0.1) is 18.8 Å². The molecule has 5 aromatic rings. The number of hydrogen-bond acceptors (Lipinski definition) is 6. The zero-order chi connectivity index (χ0) is 32.4. The number of carbonyl (C=O) groups excluding carboxylic acids is 1. The van der Waals surface area contributed by atoms with Crippen molar-refractivity contribution < 1.29 is 24.1 Å². The third-order valence-electron chi connectivity index (χ3n) is 7.99. The zero-order valence-electron chi connectivity index (χ0n) is 25.8. The van der Waals surface area contributed by atoms with Gasteiger partial charge in [0.2, 0.25) is 0 Å². The molecule has 2 heterocycles. The minimum absolute atomic E-state index is 0.0193. The van der Waals surface area contributed by atoms with E-state index in [1.54, 1.807) is 6.07 Å². The topological polar surface area (TPSA) is 107 Å². The molecular weight excluding hydrogens is 611 g/mol. The average molecular weight is 648 g/mol. The number of thioether (sulfide) groups is 1. The molecule has 1 aliphatic heterocycles. The van der Waals surface area contributed by atoms with Crippen molar-refractivity contribution in [3.63, 3.8) is 0 Å². The van der Waals surface area contributed by atoms with E-state index in [4.69, 9.17) is 9.47 Å². The van der Waals surface area contributed by atoms with E-state index in [2.05, 4.69) is 22.8 Å². The normalized spacial score (nSPS) is 17.6. The Labute approximate surface area is 279 Å². The second kappa shape index (κ2) is 15.8. The number of hydrogen-bond donors (Lipinski definition) is 3. The molecule has 1 fully saturated rings. The number of amides is 2. The number of aliphatic hydroxyl groups excluding tert-OH is 1. The fraction of sp³-hybridized carbons (Fsp3) is 0.211. The molecule has 6 rings (SSSR count). The van der Waals surface area contributed by atoms with Gasteiger partial charge in [-0.1, -0.05) is 103 Å². The second-order valence-corrected chi connectivity index (χ2v) is 12.4. The van der Waals surface area contributed by atoms with Crippen LogP contribution in [0.1, 0.15) is 46.6 Å². The van der Waals surface area contributed by atoms with Crippen LogP contribution in [-0.2, 0) is 29.2 Å². The maximum atomic E-state index is 12.4. The highest BCUT2D eigenvalue weighted by Crippen LogP contribution is 2.40. The molecule has 0 bridgehead atoms. The van der Waals surface area contributed by atoms with Crippen LogP contribution in [0.2, 0.25) is 0 Å². The van der Waals surface area contributed by atoms with Crippen molar-refractivity contribution >= 4 is 17.8 Å². The Hall–Kier alpha value is -4.67. The molecule has 3 atom stereocenters. The molecule has 8 nitrogen and oxygen atoms in total. The van der Waals surface area contributed by atoms with E-state index in [0.29, 0.717) is 30.3 Å². The lowest BCUT2D eigenvalue weighted by atomic mass is 9.99. The van der Waals surface area contributed by atoms with E-state index >= 15 is 0 Å². The van der Waals surface area contributed by atoms with Crippen LogP contribution in [0.3, 0.4) is 0 Å². The number of ether oxygens (including phenoxy) is 2. The predicted octanol–water partition coefficient (Wildman–Crippen LogP) is 6.82. The van der Waals surface area contributed by atoms with Crippen LogP contribution in [-0.4, -0.2) is 23.0 Å². The summed E-state index contributed by atoms with van der Waals surface area (Å²) < 4.78 is 13.9. The summed E-state index contributed by atoms with van der Waals surface area (Å²) in [6, 6.07) is 39.0. The summed E-state index contributed by atoms with van der Waals surface area (Å²) in [4.78, 5) is 12.4. The third kappa shape index (κ3) is 8.78. The molecule has 9 heteroatoms. The summed E-state index contributed by atoms with van der Waals surface area (Å²) in [6.07, 6.45) is 1.10. The Morgan fingerprint density at radius 3 is 2.23 bits per heavy atom. The standard InChI is InChI=1S/C38H37N3O5S/c42-25-28-15-17-30(18-16-28)35-22-34(26-47-36-14-4-5-19-41(36)44)45-37(46-35)33-13-7-12-32(21-33)31-11-6-10-29(20-31)24-40-38(43)39-23-27-8-2-1-3-9-27/h1-21,34-35,37,42H,22-26H2,(H2,39,40,43). The van der Waals surface area contributed by atoms with Gasteiger partial charge in [0.1, 0.15) is 0 Å². The fourth-order valence-corrected chi connectivity index (χ4v) is 6.41. The lowest BCUT2D eigenvalue weighted by Crippen LogP contribution is -2.34. The number of carbonyl (C=O) groups is 1. The van der Waals surface area contributed by atoms with Crippen LogP contribution >= 0.6 is 11.8 Å². The third-order valence-corrected chi connectivity index (χ3v) is 9.14. The van der Waals surface area contributed by atoms with E-state index in [1.807, 2.05) is 103 Å². The molecule has 0 aliphatic carbocycles. The molecular formula is C38H37N3O5S. The van der Waals surface area contributed by atoms with Crippen LogP contribution < -0.4 is 15.4 Å². The zero-order valence-corrected chi connectivity index (χ0v) is 26.6. The first kappa shape index (κ1) is 32.3. The van der Waals surface area contributed by atoms with Crippen LogP contribution in [0.4, 0.5) is 4.79 Å². The van der Waals surface area contributed by atoms with Crippen LogP contribution in [0.25, 0.3) is 11.1 Å². The van der Waals surface area contributed by atoms with E-state index < -0.39 is 6.29 Å². The van der Waals surface area contributed by atoms with Gasteiger partial charge in [-0.2, -0.15) is 4.73 Å². The van der Waals surface area contributed by atoms with Crippen molar-refractivity contribution in [2.45, 2.75) is 49.6 Å². The van der Waals surface area contributed by atoms with Crippen LogP contribution in [0, 0.1) is 5.21 Å². The largest absolute Gasteiger partial charge is 0.618 e. The lowest BCUT2D eigenvalue weighted by Gasteiger charge is -2.36. The van der Waals surface area contributed by atoms with Crippen molar-refractivity contribution in [2.24, 2.45) is 0 Å². The van der Waals surface area contributed by atoms with E-state index in [9.17, 15) is 15.1 Å². The molecule has 0 radical (unpaired) electrons. The number of aliphatic hydroxyl groups is 1. The Kier molecular flexibility index (Phi) is 10.8. The van der Waals surface area contributed by atoms with Gasteiger partial charge in [-0.3, -0.25) is 0 Å². The molecule has 3 unspecified atom stereocenters. The van der Waals surface area contributed by atoms with Crippen LogP contribution in [0.15, 0.2) is 133 Å². The summed E-state index contributed by atoms with van der Waals surface area (Å²) in [5, 5.41) is 28.2. The maximum Gasteiger partial charge on any atom is 0.315 e. The summed E-state index contributed by atoms with van der Waals surface area (Å²) in [5.41, 5.74) is 6.77. The van der Waals surface area contributed by atoms with Crippen LogP contribution in [0.5, 0.6) is 0 Å². The van der Waals surface area contributed by atoms with Gasteiger partial charge in [-0.15, -0.1) is 0 Å². The number of rotatable bonds is 11. The Bertz CT molecular complexity index is 1770. The Morgan fingerprint density at radius 2 is 1.47 bits per heavy atom. The minimum atomic E-state index is -0.620. The van der Waals surface area contributed by atoms with Gasteiger partial charge < -0.3 is 30.4 Å². The van der Waals surface area contributed by atoms with E-state index in [1.165, 1.54) is 18.0 Å². The number of benzene rings is 4. The Balaban J connectivity index is 1.15. The molecule has 1 aliphatic rings. The summed E-state index contributed by atoms with van der Waals surface area (Å²) in [5.74, 6) is 0.588. The van der Waals surface area contributed by atoms with Gasteiger partial charge in [-0.05, 0) is 51.6 Å². The van der Waals surface area contributed by atoms with Gasteiger partial charge >= 0.3 is 6.03 Å². The molecule has 1 aromatic heterocycles. The number of pyridine rings is 1. The highest BCUT2D eigenvalue weighted by molar-refractivity contribution is 7.99. The summed E-state index contributed by atoms with van der Waals surface area (Å²) in [6.45, 7) is 0.836. The summed E-state index contributed by atoms with van der Waals surface area (Å²) >= 11 is 1.47. The maximum absolute atomic E-state index is 12.4. The van der Waals surface area contributed by atoms with Gasteiger partial charge in [0.15, 0.2) is 12.5 Å². The average Bonchev–Trinajstić information content (AvgIpc) is 3.13. The highest BCUT2D eigenvalue weighted by Gasteiger charge is 2.33. The molecule has 240 valence electrons. The van der Waals surface area contributed by atoms with Gasteiger partial charge in [0, 0.05) is 43.0 Å². The molecule has 4 aromatic carbocycles. The van der Waals surface area contributed by atoms with E-state index in [-0.39, 0.29) is 24.8 Å². The number of nitrogens with zero attached hydrogens (tertiary/aromatic N) is 1. The minimum Gasteiger partial charge on any atom is -0.618 e. The quantitative estimate of drug-likeness (QED) is 0.0826. The molecule has 1 saturated heterocycles. The monoisotopic (exact) mass is 647 g/mol. The number of aromatic nitrogens is 1. The molecule has 3 N–H and O–H groups in total. The highest BCUT2D eigenvalue weighted by atomic mass is 32.2. The van der Waals surface area contributed by atoms with Crippen molar-refractivity contribution in [3.05, 3.63) is 161 Å². The van der Waals surface area contributed by atoms with E-state index in [0.717, 1.165) is 43.7 Å².